The molecule has 0 amide bonds. The minimum absolute atomic E-state index is 0.773. The molecular formula is C13H21N. The highest BCUT2D eigenvalue weighted by atomic mass is 15.1. The van der Waals surface area contributed by atoms with E-state index in [0.29, 0.717) is 0 Å². The summed E-state index contributed by atoms with van der Waals surface area (Å²) in [6.45, 7) is 4.97. The van der Waals surface area contributed by atoms with E-state index in [0.717, 1.165) is 17.3 Å². The van der Waals surface area contributed by atoms with Crippen molar-refractivity contribution in [3.05, 3.63) is 11.6 Å². The molecule has 0 N–H and O–H groups in total. The second-order valence-corrected chi connectivity index (χ2v) is 5.90. The normalized spacial score (nSPS) is 47.4. The van der Waals surface area contributed by atoms with E-state index in [1.807, 2.05) is 0 Å². The zero-order valence-corrected chi connectivity index (χ0v) is 9.42. The quantitative estimate of drug-likeness (QED) is 0.576. The van der Waals surface area contributed by atoms with Gasteiger partial charge in [-0.05, 0) is 50.0 Å². The molecule has 3 aliphatic rings. The molecule has 0 saturated heterocycles. The molecule has 2 fully saturated rings. The van der Waals surface area contributed by atoms with Gasteiger partial charge in [-0.1, -0.05) is 18.6 Å². The molecule has 0 aromatic carbocycles. The maximum absolute atomic E-state index is 2.51. The highest BCUT2D eigenvalue weighted by molar-refractivity contribution is 5.22. The van der Waals surface area contributed by atoms with Gasteiger partial charge in [0.1, 0.15) is 0 Å². The van der Waals surface area contributed by atoms with Crippen LogP contribution >= 0.6 is 0 Å². The lowest BCUT2D eigenvalue weighted by molar-refractivity contribution is -0.104. The van der Waals surface area contributed by atoms with Gasteiger partial charge in [0.2, 0.25) is 0 Å². The van der Waals surface area contributed by atoms with E-state index in [2.05, 4.69) is 24.9 Å². The van der Waals surface area contributed by atoms with Gasteiger partial charge in [-0.15, -0.1) is 0 Å². The van der Waals surface area contributed by atoms with Crippen LogP contribution in [0.2, 0.25) is 0 Å². The van der Waals surface area contributed by atoms with Gasteiger partial charge in [0, 0.05) is 13.1 Å². The van der Waals surface area contributed by atoms with E-state index in [1.54, 1.807) is 5.57 Å². The first kappa shape index (κ1) is 8.96. The number of hydrogen-bond acceptors (Lipinski definition) is 1. The van der Waals surface area contributed by atoms with Crippen LogP contribution in [0.1, 0.15) is 32.6 Å². The molecule has 0 aromatic rings. The first-order valence-electron chi connectivity index (χ1n) is 6.06. The topological polar surface area (TPSA) is 3.24 Å². The first-order valence-corrected chi connectivity index (χ1v) is 6.06. The van der Waals surface area contributed by atoms with Crippen molar-refractivity contribution in [1.29, 1.82) is 0 Å². The minimum atomic E-state index is 0.773. The smallest absolute Gasteiger partial charge is 0.0163 e. The summed E-state index contributed by atoms with van der Waals surface area (Å²) in [5.41, 5.74) is 2.57. The van der Waals surface area contributed by atoms with Crippen LogP contribution in [-0.2, 0) is 0 Å². The fraction of sp³-hybridized carbons (Fsp3) is 0.846. The molecular weight excluding hydrogens is 170 g/mol. The molecule has 1 nitrogen and oxygen atoms in total. The van der Waals surface area contributed by atoms with Crippen LogP contribution in [0.25, 0.3) is 0 Å². The van der Waals surface area contributed by atoms with E-state index in [9.17, 15) is 0 Å². The van der Waals surface area contributed by atoms with E-state index < -0.39 is 0 Å². The van der Waals surface area contributed by atoms with Crippen LogP contribution in [0.3, 0.4) is 0 Å². The maximum Gasteiger partial charge on any atom is 0.0163 e. The van der Waals surface area contributed by atoms with Crippen LogP contribution in [0, 0.1) is 17.3 Å². The maximum atomic E-state index is 2.51. The molecule has 0 aromatic heterocycles. The van der Waals surface area contributed by atoms with Crippen molar-refractivity contribution in [2.75, 3.05) is 20.1 Å². The molecule has 3 atom stereocenters. The third kappa shape index (κ3) is 1.11. The van der Waals surface area contributed by atoms with Gasteiger partial charge in [0.05, 0.1) is 0 Å². The zero-order chi connectivity index (χ0) is 9.76. The number of nitrogens with zero attached hydrogens (tertiary/aromatic N) is 1. The summed E-state index contributed by atoms with van der Waals surface area (Å²) < 4.78 is 0. The Morgan fingerprint density at radius 3 is 2.79 bits per heavy atom. The summed E-state index contributed by atoms with van der Waals surface area (Å²) >= 11 is 0. The number of rotatable bonds is 1. The third-order valence-electron chi connectivity index (χ3n) is 5.02. The molecule has 0 bridgehead atoms. The van der Waals surface area contributed by atoms with Crippen LogP contribution in [0.5, 0.6) is 0 Å². The highest BCUT2D eigenvalue weighted by Gasteiger charge is 2.56. The van der Waals surface area contributed by atoms with Gasteiger partial charge >= 0.3 is 0 Å². The Bertz CT molecular complexity index is 281. The van der Waals surface area contributed by atoms with Crippen LogP contribution < -0.4 is 0 Å². The molecule has 0 radical (unpaired) electrons. The Kier molecular flexibility index (Phi) is 1.82. The van der Waals surface area contributed by atoms with Gasteiger partial charge in [0.15, 0.2) is 0 Å². The Morgan fingerprint density at radius 2 is 2.36 bits per heavy atom. The average molecular weight is 191 g/mol. The summed E-state index contributed by atoms with van der Waals surface area (Å²) in [5.74, 6) is 2.06. The molecule has 3 rings (SSSR count). The molecule has 1 aliphatic heterocycles. The van der Waals surface area contributed by atoms with Crippen molar-refractivity contribution in [2.24, 2.45) is 17.3 Å². The molecule has 78 valence electrons. The average Bonchev–Trinajstić information content (AvgIpc) is 2.17. The monoisotopic (exact) mass is 191 g/mol. The SMILES string of the molecule is CN1CC=C(C2CC3(C)CCC23)CC1. The van der Waals surface area contributed by atoms with E-state index in [1.165, 1.54) is 38.8 Å². The van der Waals surface area contributed by atoms with Crippen molar-refractivity contribution in [3.63, 3.8) is 0 Å². The molecule has 2 saturated carbocycles. The Morgan fingerprint density at radius 1 is 1.50 bits per heavy atom. The fourth-order valence-corrected chi connectivity index (χ4v) is 3.74. The fourth-order valence-electron chi connectivity index (χ4n) is 3.74. The second kappa shape index (κ2) is 2.85. The summed E-state index contributed by atoms with van der Waals surface area (Å²) in [6, 6.07) is 0. The van der Waals surface area contributed by atoms with Crippen molar-refractivity contribution in [2.45, 2.75) is 32.6 Å². The van der Waals surface area contributed by atoms with Crippen LogP contribution in [0.15, 0.2) is 11.6 Å². The lowest BCUT2D eigenvalue weighted by Gasteiger charge is -2.63. The van der Waals surface area contributed by atoms with Gasteiger partial charge in [-0.25, -0.2) is 0 Å². The summed E-state index contributed by atoms with van der Waals surface area (Å²) in [4.78, 5) is 2.42. The number of fused-ring (bicyclic) bond motifs is 1. The second-order valence-electron chi connectivity index (χ2n) is 5.90. The van der Waals surface area contributed by atoms with Crippen molar-refractivity contribution in [1.82, 2.24) is 4.90 Å². The Balaban J connectivity index is 1.68. The van der Waals surface area contributed by atoms with E-state index in [4.69, 9.17) is 0 Å². The standard InChI is InChI=1S/C13H21N/c1-13-6-3-12(13)11(9-13)10-4-7-14(2)8-5-10/h4,11-12H,3,5-9H2,1-2H3. The predicted molar refractivity (Wildman–Crippen MR) is 59.1 cm³/mol. The molecule has 1 heteroatoms. The Hall–Kier alpha value is -0.300. The van der Waals surface area contributed by atoms with Crippen molar-refractivity contribution in [3.8, 4) is 0 Å². The third-order valence-corrected chi connectivity index (χ3v) is 5.02. The molecule has 14 heavy (non-hydrogen) atoms. The minimum Gasteiger partial charge on any atom is -0.302 e. The van der Waals surface area contributed by atoms with Gasteiger partial charge in [0.25, 0.3) is 0 Å². The number of likely N-dealkylation sites (N-methyl/N-ethyl adjacent to an activating group) is 1. The summed E-state index contributed by atoms with van der Waals surface area (Å²) in [6.07, 6.45) is 8.35. The largest absolute Gasteiger partial charge is 0.302 e. The van der Waals surface area contributed by atoms with Crippen molar-refractivity contribution < 1.29 is 0 Å². The van der Waals surface area contributed by atoms with Crippen LogP contribution in [-0.4, -0.2) is 25.0 Å². The first-order chi connectivity index (χ1) is 6.69. The Labute approximate surface area is 87.2 Å². The molecule has 1 heterocycles. The van der Waals surface area contributed by atoms with E-state index >= 15 is 0 Å². The molecule has 3 unspecified atom stereocenters. The molecule has 0 spiro atoms. The number of hydrogen-bond donors (Lipinski definition) is 0. The van der Waals surface area contributed by atoms with E-state index in [-0.39, 0.29) is 0 Å². The predicted octanol–water partition coefficient (Wildman–Crippen LogP) is 2.68. The molecule has 2 aliphatic carbocycles. The van der Waals surface area contributed by atoms with Crippen LogP contribution in [0.4, 0.5) is 0 Å². The van der Waals surface area contributed by atoms with Gasteiger partial charge in [-0.2, -0.15) is 0 Å². The summed E-state index contributed by atoms with van der Waals surface area (Å²) in [7, 11) is 2.22. The van der Waals surface area contributed by atoms with Crippen molar-refractivity contribution >= 4 is 0 Å². The van der Waals surface area contributed by atoms with Gasteiger partial charge < -0.3 is 4.90 Å². The zero-order valence-electron chi connectivity index (χ0n) is 9.42. The highest BCUT2D eigenvalue weighted by Crippen LogP contribution is 2.66. The van der Waals surface area contributed by atoms with Gasteiger partial charge in [-0.3, -0.25) is 0 Å². The lowest BCUT2D eigenvalue weighted by Crippen LogP contribution is -2.54. The lowest BCUT2D eigenvalue weighted by atomic mass is 9.42. The summed E-state index contributed by atoms with van der Waals surface area (Å²) in [5, 5.41) is 0.